The summed E-state index contributed by atoms with van der Waals surface area (Å²) in [6.45, 7) is 4.37. The van der Waals surface area contributed by atoms with Crippen LogP contribution < -0.4 is 20.1 Å². The lowest BCUT2D eigenvalue weighted by atomic mass is 10.2. The smallest absolute Gasteiger partial charge is 0.262 e. The molecule has 0 fully saturated rings. The summed E-state index contributed by atoms with van der Waals surface area (Å²) in [5.74, 6) is 0.766. The molecule has 3 rings (SSSR count). The first kappa shape index (κ1) is 23.0. The Labute approximate surface area is 195 Å². The molecule has 0 bridgehead atoms. The number of hydrogen-bond acceptors (Lipinski definition) is 4. The van der Waals surface area contributed by atoms with Crippen LogP contribution in [-0.4, -0.2) is 19.6 Å². The molecule has 0 aliphatic heterocycles. The summed E-state index contributed by atoms with van der Waals surface area (Å²) < 4.78 is 11.9. The van der Waals surface area contributed by atoms with Crippen molar-refractivity contribution in [2.75, 3.05) is 24.4 Å². The number of amides is 1. The van der Waals surface area contributed by atoms with Crippen LogP contribution in [0.4, 0.5) is 11.4 Å². The van der Waals surface area contributed by atoms with E-state index in [1.165, 1.54) is 0 Å². The Balaban J connectivity index is 1.64. The highest BCUT2D eigenvalue weighted by Crippen LogP contribution is 2.37. The van der Waals surface area contributed by atoms with Gasteiger partial charge in [-0.05, 0) is 82.9 Å². The minimum atomic E-state index is -0.249. The Kier molecular flexibility index (Phi) is 7.82. The van der Waals surface area contributed by atoms with E-state index < -0.39 is 0 Å². The number of nitrogens with one attached hydrogen (secondary N) is 2. The standard InChI is InChI=1S/C24H24BrClN2O3/c1-15-5-4-6-19(9-15)28-23(29)14-31-24-20(25)10-17(11-22(24)30-3)13-27-18-8-7-16(2)21(26)12-18/h4-12,27H,13-14H2,1-3H3,(H,28,29). The van der Waals surface area contributed by atoms with Crippen molar-refractivity contribution in [3.63, 3.8) is 0 Å². The maximum atomic E-state index is 12.3. The van der Waals surface area contributed by atoms with Crippen molar-refractivity contribution >= 4 is 44.8 Å². The van der Waals surface area contributed by atoms with Crippen LogP contribution in [0.3, 0.4) is 0 Å². The van der Waals surface area contributed by atoms with E-state index in [2.05, 4.69) is 26.6 Å². The lowest BCUT2D eigenvalue weighted by Gasteiger charge is -2.15. The second-order valence-electron chi connectivity index (χ2n) is 7.13. The molecule has 0 heterocycles. The summed E-state index contributed by atoms with van der Waals surface area (Å²) >= 11 is 9.72. The summed E-state index contributed by atoms with van der Waals surface area (Å²) in [5.41, 5.74) is 4.75. The van der Waals surface area contributed by atoms with Gasteiger partial charge in [-0.3, -0.25) is 4.79 Å². The van der Waals surface area contributed by atoms with Gasteiger partial charge in [-0.15, -0.1) is 0 Å². The number of anilines is 2. The van der Waals surface area contributed by atoms with Crippen LogP contribution in [0, 0.1) is 13.8 Å². The maximum absolute atomic E-state index is 12.3. The monoisotopic (exact) mass is 502 g/mol. The van der Waals surface area contributed by atoms with Gasteiger partial charge in [0.05, 0.1) is 11.6 Å². The van der Waals surface area contributed by atoms with Crippen molar-refractivity contribution < 1.29 is 14.3 Å². The number of aryl methyl sites for hydroxylation is 2. The number of halogens is 2. The molecule has 1 amide bonds. The highest BCUT2D eigenvalue weighted by Gasteiger charge is 2.14. The van der Waals surface area contributed by atoms with Crippen LogP contribution in [0.5, 0.6) is 11.5 Å². The van der Waals surface area contributed by atoms with Crippen LogP contribution in [0.2, 0.25) is 5.02 Å². The van der Waals surface area contributed by atoms with Gasteiger partial charge in [-0.1, -0.05) is 29.8 Å². The molecule has 3 aromatic rings. The summed E-state index contributed by atoms with van der Waals surface area (Å²) in [5, 5.41) is 6.89. The lowest BCUT2D eigenvalue weighted by molar-refractivity contribution is -0.118. The van der Waals surface area contributed by atoms with E-state index in [1.807, 2.05) is 68.4 Å². The Bertz CT molecular complexity index is 1090. The second-order valence-corrected chi connectivity index (χ2v) is 8.39. The zero-order valence-electron chi connectivity index (χ0n) is 17.6. The van der Waals surface area contributed by atoms with Crippen molar-refractivity contribution in [3.8, 4) is 11.5 Å². The van der Waals surface area contributed by atoms with E-state index in [-0.39, 0.29) is 12.5 Å². The van der Waals surface area contributed by atoms with Crippen LogP contribution in [-0.2, 0) is 11.3 Å². The molecular formula is C24H24BrClN2O3. The van der Waals surface area contributed by atoms with E-state index in [4.69, 9.17) is 21.1 Å². The van der Waals surface area contributed by atoms with Crippen molar-refractivity contribution in [2.45, 2.75) is 20.4 Å². The Morgan fingerprint density at radius 1 is 1.06 bits per heavy atom. The van der Waals surface area contributed by atoms with Crippen LogP contribution in [0.25, 0.3) is 0 Å². The predicted octanol–water partition coefficient (Wildman–Crippen LogP) is 6.36. The quantitative estimate of drug-likeness (QED) is 0.376. The zero-order chi connectivity index (χ0) is 22.4. The minimum absolute atomic E-state index is 0.137. The van der Waals surface area contributed by atoms with Crippen molar-refractivity contribution in [1.82, 2.24) is 0 Å². The summed E-state index contributed by atoms with van der Waals surface area (Å²) in [6, 6.07) is 17.3. The van der Waals surface area contributed by atoms with E-state index in [9.17, 15) is 4.79 Å². The van der Waals surface area contributed by atoms with Crippen LogP contribution >= 0.6 is 27.5 Å². The normalized spacial score (nSPS) is 10.5. The van der Waals surface area contributed by atoms with Crippen LogP contribution in [0.15, 0.2) is 59.1 Å². The number of carbonyl (C=O) groups is 1. The fraction of sp³-hybridized carbons (Fsp3) is 0.208. The molecule has 0 saturated heterocycles. The predicted molar refractivity (Wildman–Crippen MR) is 130 cm³/mol. The van der Waals surface area contributed by atoms with E-state index in [0.717, 1.165) is 33.1 Å². The molecule has 0 spiro atoms. The molecular weight excluding hydrogens is 480 g/mol. The van der Waals surface area contributed by atoms with Gasteiger partial charge in [-0.2, -0.15) is 0 Å². The number of rotatable bonds is 8. The molecule has 0 atom stereocenters. The summed E-state index contributed by atoms with van der Waals surface area (Å²) in [6.07, 6.45) is 0. The maximum Gasteiger partial charge on any atom is 0.262 e. The van der Waals surface area contributed by atoms with Crippen molar-refractivity contribution in [2.24, 2.45) is 0 Å². The number of ether oxygens (including phenoxy) is 2. The van der Waals surface area contributed by atoms with Crippen molar-refractivity contribution in [3.05, 3.63) is 80.8 Å². The SMILES string of the molecule is COc1cc(CNc2ccc(C)c(Cl)c2)cc(Br)c1OCC(=O)Nc1cccc(C)c1. The van der Waals surface area contributed by atoms with Crippen molar-refractivity contribution in [1.29, 1.82) is 0 Å². The fourth-order valence-corrected chi connectivity index (χ4v) is 3.76. The molecule has 0 aliphatic carbocycles. The van der Waals surface area contributed by atoms with Gasteiger partial charge in [0.25, 0.3) is 5.91 Å². The van der Waals surface area contributed by atoms with Gasteiger partial charge < -0.3 is 20.1 Å². The first-order chi connectivity index (χ1) is 14.9. The first-order valence-electron chi connectivity index (χ1n) is 9.71. The van der Waals surface area contributed by atoms with Gasteiger partial charge in [0.2, 0.25) is 0 Å². The number of hydrogen-bond donors (Lipinski definition) is 2. The largest absolute Gasteiger partial charge is 0.493 e. The average Bonchev–Trinajstić information content (AvgIpc) is 2.73. The third-order valence-corrected chi connectivity index (χ3v) is 5.60. The number of methoxy groups -OCH3 is 1. The van der Waals surface area contributed by atoms with Gasteiger partial charge >= 0.3 is 0 Å². The zero-order valence-corrected chi connectivity index (χ0v) is 19.9. The van der Waals surface area contributed by atoms with Gasteiger partial charge in [0, 0.05) is 22.9 Å². The van der Waals surface area contributed by atoms with E-state index >= 15 is 0 Å². The third-order valence-electron chi connectivity index (χ3n) is 4.61. The molecule has 31 heavy (non-hydrogen) atoms. The summed E-state index contributed by atoms with van der Waals surface area (Å²) in [7, 11) is 1.57. The Morgan fingerprint density at radius 2 is 1.87 bits per heavy atom. The molecule has 0 aliphatic rings. The highest BCUT2D eigenvalue weighted by atomic mass is 79.9. The van der Waals surface area contributed by atoms with E-state index in [0.29, 0.717) is 22.5 Å². The molecule has 0 radical (unpaired) electrons. The molecule has 162 valence electrons. The topological polar surface area (TPSA) is 59.6 Å². The molecule has 0 saturated carbocycles. The van der Waals surface area contributed by atoms with Gasteiger partial charge in [-0.25, -0.2) is 0 Å². The molecule has 3 aromatic carbocycles. The Morgan fingerprint density at radius 3 is 2.58 bits per heavy atom. The average molecular weight is 504 g/mol. The number of benzene rings is 3. The lowest BCUT2D eigenvalue weighted by Crippen LogP contribution is -2.20. The summed E-state index contributed by atoms with van der Waals surface area (Å²) in [4.78, 5) is 12.3. The second kappa shape index (κ2) is 10.6. The molecule has 2 N–H and O–H groups in total. The Hall–Kier alpha value is -2.70. The van der Waals surface area contributed by atoms with Gasteiger partial charge in [0.15, 0.2) is 18.1 Å². The minimum Gasteiger partial charge on any atom is -0.493 e. The number of carbonyl (C=O) groups excluding carboxylic acids is 1. The van der Waals surface area contributed by atoms with E-state index in [1.54, 1.807) is 7.11 Å². The first-order valence-corrected chi connectivity index (χ1v) is 10.9. The molecule has 0 unspecified atom stereocenters. The van der Waals surface area contributed by atoms with Crippen LogP contribution in [0.1, 0.15) is 16.7 Å². The van der Waals surface area contributed by atoms with Gasteiger partial charge in [0.1, 0.15) is 0 Å². The molecule has 0 aromatic heterocycles. The third kappa shape index (κ3) is 6.39. The molecule has 5 nitrogen and oxygen atoms in total. The molecule has 7 heteroatoms. The highest BCUT2D eigenvalue weighted by molar-refractivity contribution is 9.10. The fourth-order valence-electron chi connectivity index (χ4n) is 2.98.